The summed E-state index contributed by atoms with van der Waals surface area (Å²) in [5.74, 6) is -0.292. The second-order valence-electron chi connectivity index (χ2n) is 4.71. The van der Waals surface area contributed by atoms with Crippen LogP contribution in [0.2, 0.25) is 0 Å². The highest BCUT2D eigenvalue weighted by Gasteiger charge is 2.14. The molecule has 0 aromatic heterocycles. The molecule has 6 heteroatoms. The normalized spacial score (nSPS) is 10.4. The summed E-state index contributed by atoms with van der Waals surface area (Å²) < 4.78 is 12.9. The number of anilines is 1. The van der Waals surface area contributed by atoms with E-state index in [1.807, 2.05) is 11.9 Å². The molecule has 110 valence electrons. The third-order valence-electron chi connectivity index (χ3n) is 3.20. The van der Waals surface area contributed by atoms with E-state index in [0.717, 1.165) is 11.3 Å². The third-order valence-corrected chi connectivity index (χ3v) is 3.20. The van der Waals surface area contributed by atoms with Gasteiger partial charge < -0.3 is 10.0 Å². The van der Waals surface area contributed by atoms with Crippen molar-refractivity contribution in [3.8, 4) is 0 Å². The van der Waals surface area contributed by atoms with Gasteiger partial charge >= 0.3 is 0 Å². The Bertz CT molecular complexity index is 644. The van der Waals surface area contributed by atoms with Crippen molar-refractivity contribution in [2.75, 3.05) is 11.9 Å². The van der Waals surface area contributed by atoms with Gasteiger partial charge in [-0.1, -0.05) is 12.1 Å². The summed E-state index contributed by atoms with van der Waals surface area (Å²) in [5.41, 5.74) is 1.83. The minimum absolute atomic E-state index is 0.101. The van der Waals surface area contributed by atoms with Crippen LogP contribution < -0.4 is 4.90 Å². The van der Waals surface area contributed by atoms with Crippen molar-refractivity contribution in [1.29, 1.82) is 0 Å². The zero-order chi connectivity index (χ0) is 15.4. The molecule has 0 saturated heterocycles. The van der Waals surface area contributed by atoms with E-state index in [2.05, 4.69) is 0 Å². The van der Waals surface area contributed by atoms with E-state index in [1.54, 1.807) is 24.3 Å². The Hall–Kier alpha value is -2.47. The average Bonchev–Trinajstić information content (AvgIpc) is 2.48. The number of aliphatic hydroxyl groups excluding tert-OH is 1. The summed E-state index contributed by atoms with van der Waals surface area (Å²) >= 11 is 0. The van der Waals surface area contributed by atoms with E-state index >= 15 is 0 Å². The summed E-state index contributed by atoms with van der Waals surface area (Å²) in [6.07, 6.45) is 0. The van der Waals surface area contributed by atoms with Crippen LogP contribution in [0.1, 0.15) is 11.1 Å². The van der Waals surface area contributed by atoms with Gasteiger partial charge in [-0.3, -0.25) is 10.1 Å². The highest BCUT2D eigenvalue weighted by Crippen LogP contribution is 2.25. The Morgan fingerprint density at radius 1 is 1.24 bits per heavy atom. The smallest absolute Gasteiger partial charge is 0.275 e. The summed E-state index contributed by atoms with van der Waals surface area (Å²) in [4.78, 5) is 12.2. The van der Waals surface area contributed by atoms with Gasteiger partial charge in [-0.2, -0.15) is 0 Å². The minimum Gasteiger partial charge on any atom is -0.391 e. The van der Waals surface area contributed by atoms with Crippen molar-refractivity contribution in [2.45, 2.75) is 13.2 Å². The molecule has 0 heterocycles. The highest BCUT2D eigenvalue weighted by atomic mass is 19.1. The second-order valence-corrected chi connectivity index (χ2v) is 4.71. The fourth-order valence-electron chi connectivity index (χ4n) is 2.07. The van der Waals surface area contributed by atoms with Gasteiger partial charge in [-0.05, 0) is 29.8 Å². The zero-order valence-electron chi connectivity index (χ0n) is 11.5. The molecule has 0 aliphatic carbocycles. The maximum Gasteiger partial charge on any atom is 0.275 e. The van der Waals surface area contributed by atoms with Crippen LogP contribution in [0.5, 0.6) is 0 Å². The molecule has 0 aliphatic rings. The van der Waals surface area contributed by atoms with Gasteiger partial charge in [-0.25, -0.2) is 4.39 Å². The molecule has 0 saturated carbocycles. The minimum atomic E-state index is -0.519. The number of benzene rings is 2. The van der Waals surface area contributed by atoms with E-state index < -0.39 is 11.5 Å². The Morgan fingerprint density at radius 2 is 1.90 bits per heavy atom. The SMILES string of the molecule is CN(Cc1ccc(F)cc1)c1ccc([N+](=O)[O-])c(CO)c1. The molecular formula is C15H15FN2O3. The van der Waals surface area contributed by atoms with E-state index in [9.17, 15) is 19.6 Å². The fourth-order valence-corrected chi connectivity index (χ4v) is 2.07. The van der Waals surface area contributed by atoms with Gasteiger partial charge in [0.15, 0.2) is 0 Å². The topological polar surface area (TPSA) is 66.6 Å². The molecule has 2 aromatic rings. The lowest BCUT2D eigenvalue weighted by Crippen LogP contribution is -2.16. The van der Waals surface area contributed by atoms with Crippen molar-refractivity contribution in [2.24, 2.45) is 0 Å². The molecular weight excluding hydrogens is 275 g/mol. The van der Waals surface area contributed by atoms with Gasteiger partial charge in [0.05, 0.1) is 17.1 Å². The van der Waals surface area contributed by atoms with Gasteiger partial charge in [0.25, 0.3) is 5.69 Å². The predicted octanol–water partition coefficient (Wildman–Crippen LogP) is 2.86. The first-order valence-corrected chi connectivity index (χ1v) is 6.35. The van der Waals surface area contributed by atoms with Crippen LogP contribution in [-0.2, 0) is 13.2 Å². The molecule has 0 fully saturated rings. The quantitative estimate of drug-likeness (QED) is 0.679. The van der Waals surface area contributed by atoms with E-state index in [4.69, 9.17) is 0 Å². The molecule has 5 nitrogen and oxygen atoms in total. The standard InChI is InChI=1S/C15H15FN2O3/c1-17(9-11-2-4-13(16)5-3-11)14-6-7-15(18(20)21)12(8-14)10-19/h2-8,19H,9-10H2,1H3. The molecule has 2 rings (SSSR count). The summed E-state index contributed by atoms with van der Waals surface area (Å²) in [7, 11) is 1.83. The number of nitro groups is 1. The zero-order valence-corrected chi connectivity index (χ0v) is 11.5. The van der Waals surface area contributed by atoms with Crippen LogP contribution in [0.15, 0.2) is 42.5 Å². The summed E-state index contributed by atoms with van der Waals surface area (Å²) in [5, 5.41) is 20.1. The van der Waals surface area contributed by atoms with Gasteiger partial charge in [0, 0.05) is 25.3 Å². The number of nitro benzene ring substituents is 1. The lowest BCUT2D eigenvalue weighted by atomic mass is 10.1. The Balaban J connectivity index is 2.21. The molecule has 1 N–H and O–H groups in total. The van der Waals surface area contributed by atoms with Crippen molar-refractivity contribution < 1.29 is 14.4 Å². The first-order chi connectivity index (χ1) is 10.0. The first kappa shape index (κ1) is 14.9. The summed E-state index contributed by atoms with van der Waals surface area (Å²) in [6, 6.07) is 10.7. The van der Waals surface area contributed by atoms with Crippen LogP contribution in [0.3, 0.4) is 0 Å². The van der Waals surface area contributed by atoms with E-state index in [0.29, 0.717) is 6.54 Å². The van der Waals surface area contributed by atoms with Crippen LogP contribution in [-0.4, -0.2) is 17.1 Å². The van der Waals surface area contributed by atoms with Crippen LogP contribution in [0.4, 0.5) is 15.8 Å². The number of nitrogens with zero attached hydrogens (tertiary/aromatic N) is 2. The van der Waals surface area contributed by atoms with Gasteiger partial charge in [0.1, 0.15) is 5.82 Å². The molecule has 2 aromatic carbocycles. The summed E-state index contributed by atoms with van der Waals surface area (Å²) in [6.45, 7) is 0.136. The van der Waals surface area contributed by atoms with E-state index in [-0.39, 0.29) is 17.1 Å². The first-order valence-electron chi connectivity index (χ1n) is 6.35. The van der Waals surface area contributed by atoms with Crippen molar-refractivity contribution in [3.05, 3.63) is 69.5 Å². The van der Waals surface area contributed by atoms with Gasteiger partial charge in [0.2, 0.25) is 0 Å². The molecule has 0 amide bonds. The Kier molecular flexibility index (Phi) is 4.49. The van der Waals surface area contributed by atoms with Crippen LogP contribution in [0, 0.1) is 15.9 Å². The maximum absolute atomic E-state index is 12.9. The number of hydrogen-bond acceptors (Lipinski definition) is 4. The monoisotopic (exact) mass is 290 g/mol. The number of hydrogen-bond donors (Lipinski definition) is 1. The van der Waals surface area contributed by atoms with Crippen molar-refractivity contribution in [3.63, 3.8) is 0 Å². The second kappa shape index (κ2) is 6.32. The molecule has 0 bridgehead atoms. The molecule has 0 radical (unpaired) electrons. The molecule has 0 aliphatic heterocycles. The van der Waals surface area contributed by atoms with Crippen molar-refractivity contribution in [1.82, 2.24) is 0 Å². The van der Waals surface area contributed by atoms with E-state index in [1.165, 1.54) is 18.2 Å². The number of halogens is 1. The lowest BCUT2D eigenvalue weighted by Gasteiger charge is -2.20. The van der Waals surface area contributed by atoms with Crippen molar-refractivity contribution >= 4 is 11.4 Å². The van der Waals surface area contributed by atoms with Crippen LogP contribution in [0.25, 0.3) is 0 Å². The predicted molar refractivity (Wildman–Crippen MR) is 77.5 cm³/mol. The third kappa shape index (κ3) is 3.55. The molecule has 21 heavy (non-hydrogen) atoms. The Labute approximate surface area is 121 Å². The molecule has 0 atom stereocenters. The maximum atomic E-state index is 12.9. The number of rotatable bonds is 5. The van der Waals surface area contributed by atoms with Crippen LogP contribution >= 0.6 is 0 Å². The molecule has 0 spiro atoms. The fraction of sp³-hybridized carbons (Fsp3) is 0.200. The molecule has 0 unspecified atom stereocenters. The highest BCUT2D eigenvalue weighted by molar-refractivity contribution is 5.55. The number of aliphatic hydroxyl groups is 1. The average molecular weight is 290 g/mol. The van der Waals surface area contributed by atoms with Gasteiger partial charge in [-0.15, -0.1) is 0 Å². The largest absolute Gasteiger partial charge is 0.391 e. The lowest BCUT2D eigenvalue weighted by molar-refractivity contribution is -0.385. The Morgan fingerprint density at radius 3 is 2.48 bits per heavy atom.